The SMILES string of the molecule is CC(=O)Nc1nc(C)c(-c2cc3c(c(NC(=O)N(C)C)n2)C(=O)N([C@@H](C)C2CC2)C3)s1. The van der Waals surface area contributed by atoms with Crippen LogP contribution in [0.4, 0.5) is 15.7 Å². The molecule has 0 radical (unpaired) electrons. The molecule has 1 aliphatic heterocycles. The average Bonchev–Trinajstić information content (AvgIpc) is 3.40. The van der Waals surface area contributed by atoms with Crippen molar-refractivity contribution in [3.63, 3.8) is 0 Å². The van der Waals surface area contributed by atoms with Gasteiger partial charge in [-0.1, -0.05) is 11.3 Å². The van der Waals surface area contributed by atoms with Crippen molar-refractivity contribution in [2.75, 3.05) is 24.7 Å². The number of amides is 4. The molecule has 1 saturated carbocycles. The van der Waals surface area contributed by atoms with Crippen molar-refractivity contribution in [2.24, 2.45) is 5.92 Å². The molecule has 1 aliphatic carbocycles. The van der Waals surface area contributed by atoms with Crippen LogP contribution in [0.3, 0.4) is 0 Å². The number of nitrogens with one attached hydrogen (secondary N) is 2. The molecule has 1 fully saturated rings. The number of aryl methyl sites for hydroxylation is 1. The van der Waals surface area contributed by atoms with E-state index in [4.69, 9.17) is 0 Å². The Bertz CT molecular complexity index is 1080. The Morgan fingerprint density at radius 1 is 1.26 bits per heavy atom. The number of hydrogen-bond acceptors (Lipinski definition) is 6. The minimum absolute atomic E-state index is 0.0949. The Balaban J connectivity index is 1.76. The van der Waals surface area contributed by atoms with Crippen molar-refractivity contribution >= 4 is 40.1 Å². The van der Waals surface area contributed by atoms with Gasteiger partial charge in [0.2, 0.25) is 5.91 Å². The van der Waals surface area contributed by atoms with Crippen LogP contribution in [0, 0.1) is 12.8 Å². The zero-order valence-electron chi connectivity index (χ0n) is 18.3. The summed E-state index contributed by atoms with van der Waals surface area (Å²) in [5.74, 6) is 0.504. The second-order valence-electron chi connectivity index (χ2n) is 8.34. The van der Waals surface area contributed by atoms with E-state index in [0.29, 0.717) is 28.9 Å². The van der Waals surface area contributed by atoms with Crippen molar-refractivity contribution in [2.45, 2.75) is 46.2 Å². The molecule has 1 atom stereocenters. The van der Waals surface area contributed by atoms with Gasteiger partial charge in [-0.3, -0.25) is 14.9 Å². The van der Waals surface area contributed by atoms with Crippen LogP contribution in [-0.2, 0) is 11.3 Å². The average molecular weight is 443 g/mol. The standard InChI is InChI=1S/C21H26N6O3S/c1-10-17(31-20(22-10)23-12(3)28)15-8-14-9-27(11(2)13-6-7-13)19(29)16(14)18(24-15)25-21(30)26(4)5/h8,11,13H,6-7,9H2,1-5H3,(H,22,23,28)(H,24,25,30)/t11-/m0/s1. The van der Waals surface area contributed by atoms with Gasteiger partial charge in [0.05, 0.1) is 21.8 Å². The number of nitrogens with zero attached hydrogens (tertiary/aromatic N) is 4. The molecule has 2 aromatic rings. The van der Waals surface area contributed by atoms with Gasteiger partial charge in [-0.05, 0) is 44.2 Å². The molecule has 0 aromatic carbocycles. The van der Waals surface area contributed by atoms with Crippen molar-refractivity contribution < 1.29 is 14.4 Å². The highest BCUT2D eigenvalue weighted by Gasteiger charge is 2.40. The number of carbonyl (C=O) groups is 3. The lowest BCUT2D eigenvalue weighted by atomic mass is 10.1. The minimum atomic E-state index is -0.353. The zero-order valence-corrected chi connectivity index (χ0v) is 19.1. The Labute approximate surface area is 184 Å². The highest BCUT2D eigenvalue weighted by Crippen LogP contribution is 2.41. The van der Waals surface area contributed by atoms with Crippen molar-refractivity contribution in [3.8, 4) is 10.6 Å². The minimum Gasteiger partial charge on any atom is -0.331 e. The van der Waals surface area contributed by atoms with Crippen LogP contribution in [0.2, 0.25) is 0 Å². The van der Waals surface area contributed by atoms with Crippen LogP contribution in [0.15, 0.2) is 6.07 Å². The molecule has 31 heavy (non-hydrogen) atoms. The third-order valence-corrected chi connectivity index (χ3v) is 6.75. The fourth-order valence-electron chi connectivity index (χ4n) is 3.78. The van der Waals surface area contributed by atoms with Crippen LogP contribution in [-0.4, -0.2) is 57.8 Å². The summed E-state index contributed by atoms with van der Waals surface area (Å²) in [7, 11) is 3.27. The number of pyridine rings is 1. The number of rotatable bonds is 5. The molecule has 9 nitrogen and oxygen atoms in total. The Morgan fingerprint density at radius 3 is 2.58 bits per heavy atom. The van der Waals surface area contributed by atoms with Gasteiger partial charge in [0.15, 0.2) is 5.13 Å². The van der Waals surface area contributed by atoms with Gasteiger partial charge < -0.3 is 15.1 Å². The number of aromatic nitrogens is 2. The fraction of sp³-hybridized carbons (Fsp3) is 0.476. The highest BCUT2D eigenvalue weighted by atomic mass is 32.1. The molecule has 10 heteroatoms. The van der Waals surface area contributed by atoms with E-state index < -0.39 is 0 Å². The van der Waals surface area contributed by atoms with Crippen LogP contribution in [0.1, 0.15) is 48.3 Å². The normalized spacial score (nSPS) is 16.2. The number of hydrogen-bond donors (Lipinski definition) is 2. The fourth-order valence-corrected chi connectivity index (χ4v) is 4.75. The van der Waals surface area contributed by atoms with E-state index >= 15 is 0 Å². The number of carbonyl (C=O) groups excluding carboxylic acids is 3. The van der Waals surface area contributed by atoms with E-state index in [-0.39, 0.29) is 29.7 Å². The van der Waals surface area contributed by atoms with E-state index in [1.165, 1.54) is 23.2 Å². The largest absolute Gasteiger partial charge is 0.331 e. The van der Waals surface area contributed by atoms with E-state index in [2.05, 4.69) is 27.5 Å². The molecule has 2 N–H and O–H groups in total. The maximum Gasteiger partial charge on any atom is 0.322 e. The molecular formula is C21H26N6O3S. The molecule has 0 bridgehead atoms. The number of anilines is 2. The predicted molar refractivity (Wildman–Crippen MR) is 119 cm³/mol. The summed E-state index contributed by atoms with van der Waals surface area (Å²) in [5.41, 5.74) is 2.63. The first-order valence-electron chi connectivity index (χ1n) is 10.2. The van der Waals surface area contributed by atoms with Gasteiger partial charge in [-0.2, -0.15) is 0 Å². The summed E-state index contributed by atoms with van der Waals surface area (Å²) in [6.07, 6.45) is 2.28. The van der Waals surface area contributed by atoms with Crippen molar-refractivity contribution in [3.05, 3.63) is 22.9 Å². The summed E-state index contributed by atoms with van der Waals surface area (Å²) >= 11 is 1.32. The Kier molecular flexibility index (Phi) is 5.42. The molecule has 164 valence electrons. The van der Waals surface area contributed by atoms with Gasteiger partial charge in [-0.15, -0.1) is 0 Å². The summed E-state index contributed by atoms with van der Waals surface area (Å²) < 4.78 is 0. The lowest BCUT2D eigenvalue weighted by Crippen LogP contribution is -2.35. The quantitative estimate of drug-likeness (QED) is 0.739. The van der Waals surface area contributed by atoms with Gasteiger partial charge >= 0.3 is 6.03 Å². The van der Waals surface area contributed by atoms with Gasteiger partial charge in [0.25, 0.3) is 5.91 Å². The second kappa shape index (κ2) is 7.92. The summed E-state index contributed by atoms with van der Waals surface area (Å²) in [5, 5.41) is 5.98. The first-order chi connectivity index (χ1) is 14.7. The number of urea groups is 1. The summed E-state index contributed by atoms with van der Waals surface area (Å²) in [6, 6.07) is 1.70. The lowest BCUT2D eigenvalue weighted by molar-refractivity contribution is -0.114. The van der Waals surface area contributed by atoms with E-state index in [1.54, 1.807) is 14.1 Å². The Hall–Kier alpha value is -3.01. The van der Waals surface area contributed by atoms with E-state index in [0.717, 1.165) is 29.0 Å². The molecule has 0 spiro atoms. The monoisotopic (exact) mass is 442 g/mol. The third kappa shape index (κ3) is 4.12. The molecule has 3 heterocycles. The van der Waals surface area contributed by atoms with Crippen molar-refractivity contribution in [1.82, 2.24) is 19.8 Å². The molecule has 2 aliphatic rings. The Morgan fingerprint density at radius 2 is 1.97 bits per heavy atom. The maximum atomic E-state index is 13.2. The predicted octanol–water partition coefficient (Wildman–Crippen LogP) is 3.32. The first kappa shape index (κ1) is 21.2. The van der Waals surface area contributed by atoms with Gasteiger partial charge in [-0.25, -0.2) is 14.8 Å². The van der Waals surface area contributed by atoms with E-state index in [1.807, 2.05) is 17.9 Å². The van der Waals surface area contributed by atoms with Crippen LogP contribution in [0.5, 0.6) is 0 Å². The van der Waals surface area contributed by atoms with E-state index in [9.17, 15) is 14.4 Å². The highest BCUT2D eigenvalue weighted by molar-refractivity contribution is 7.19. The van der Waals surface area contributed by atoms with Gasteiger partial charge in [0.1, 0.15) is 5.82 Å². The van der Waals surface area contributed by atoms with Crippen LogP contribution in [0.25, 0.3) is 10.6 Å². The first-order valence-corrected chi connectivity index (χ1v) is 11.1. The maximum absolute atomic E-state index is 13.2. The smallest absolute Gasteiger partial charge is 0.322 e. The topological polar surface area (TPSA) is 108 Å². The molecule has 4 amide bonds. The van der Waals surface area contributed by atoms with Crippen LogP contribution >= 0.6 is 11.3 Å². The molecule has 0 unspecified atom stereocenters. The third-order valence-electron chi connectivity index (χ3n) is 5.66. The lowest BCUT2D eigenvalue weighted by Gasteiger charge is -2.24. The van der Waals surface area contributed by atoms with Gasteiger partial charge in [0, 0.05) is 33.6 Å². The molecule has 2 aromatic heterocycles. The summed E-state index contributed by atoms with van der Waals surface area (Å²) in [4.78, 5) is 50.1. The second-order valence-corrected chi connectivity index (χ2v) is 9.34. The molecule has 4 rings (SSSR count). The number of thiazole rings is 1. The zero-order chi connectivity index (χ0) is 22.4. The number of fused-ring (bicyclic) bond motifs is 1. The molecule has 0 saturated heterocycles. The van der Waals surface area contributed by atoms with Crippen LogP contribution < -0.4 is 10.6 Å². The van der Waals surface area contributed by atoms with Crippen molar-refractivity contribution in [1.29, 1.82) is 0 Å². The summed E-state index contributed by atoms with van der Waals surface area (Å²) in [6.45, 7) is 5.85. The molecular weight excluding hydrogens is 416 g/mol.